The van der Waals surface area contributed by atoms with E-state index in [1.54, 1.807) is 34.2 Å². The molecule has 2 aromatic heterocycles. The van der Waals surface area contributed by atoms with Crippen molar-refractivity contribution in [2.45, 2.75) is 19.4 Å². The van der Waals surface area contributed by atoms with Gasteiger partial charge in [-0.1, -0.05) is 12.1 Å². The molecule has 27 heavy (non-hydrogen) atoms. The zero-order valence-electron chi connectivity index (χ0n) is 14.7. The Morgan fingerprint density at radius 3 is 2.93 bits per heavy atom. The third kappa shape index (κ3) is 3.84. The Kier molecular flexibility index (Phi) is 4.86. The van der Waals surface area contributed by atoms with E-state index < -0.39 is 5.82 Å². The minimum Gasteiger partial charge on any atom is -0.338 e. The quantitative estimate of drug-likeness (QED) is 0.709. The van der Waals surface area contributed by atoms with Crippen molar-refractivity contribution in [1.29, 1.82) is 0 Å². The summed E-state index contributed by atoms with van der Waals surface area (Å²) in [6.07, 6.45) is 5.22. The lowest BCUT2D eigenvalue weighted by molar-refractivity contribution is 0.0651. The van der Waals surface area contributed by atoms with Crippen LogP contribution in [0, 0.1) is 11.7 Å². The van der Waals surface area contributed by atoms with E-state index in [0.717, 1.165) is 18.4 Å². The smallest absolute Gasteiger partial charge is 0.256 e. The van der Waals surface area contributed by atoms with E-state index in [1.165, 1.54) is 12.1 Å². The van der Waals surface area contributed by atoms with Crippen LogP contribution in [0.2, 0.25) is 0 Å². The largest absolute Gasteiger partial charge is 0.338 e. The minimum atomic E-state index is -0.483. The van der Waals surface area contributed by atoms with Crippen LogP contribution < -0.4 is 0 Å². The molecule has 1 atom stereocenters. The van der Waals surface area contributed by atoms with Crippen LogP contribution in [0.4, 0.5) is 4.39 Å². The van der Waals surface area contributed by atoms with Gasteiger partial charge in [-0.05, 0) is 48.2 Å². The van der Waals surface area contributed by atoms with Crippen LogP contribution in [0.5, 0.6) is 0 Å². The lowest BCUT2D eigenvalue weighted by Crippen LogP contribution is -2.41. The number of aromatic nitrogens is 5. The number of carbonyl (C=O) groups is 1. The fourth-order valence-electron chi connectivity index (χ4n) is 3.37. The Labute approximate surface area is 155 Å². The van der Waals surface area contributed by atoms with Crippen LogP contribution >= 0.6 is 0 Å². The van der Waals surface area contributed by atoms with E-state index in [1.807, 2.05) is 12.1 Å². The molecule has 0 radical (unpaired) electrons. The number of carbonyl (C=O) groups excluding carboxylic acids is 1. The number of pyridine rings is 1. The topological polar surface area (TPSA) is 76.8 Å². The Hall–Kier alpha value is -3.16. The second-order valence-electron chi connectivity index (χ2n) is 6.65. The molecule has 1 aliphatic rings. The number of piperidine rings is 1. The number of hydrogen-bond donors (Lipinski definition) is 0. The van der Waals surface area contributed by atoms with Gasteiger partial charge in [0.25, 0.3) is 5.91 Å². The molecule has 8 heteroatoms. The highest BCUT2D eigenvalue weighted by atomic mass is 19.1. The lowest BCUT2D eigenvalue weighted by Gasteiger charge is -2.32. The van der Waals surface area contributed by atoms with Gasteiger partial charge in [0, 0.05) is 31.0 Å². The monoisotopic (exact) mass is 366 g/mol. The summed E-state index contributed by atoms with van der Waals surface area (Å²) in [7, 11) is 0. The SMILES string of the molecule is O=C(c1ccccc1F)N1CCC[C@H](Cn2nnc(-c3cccnc3)n2)C1. The summed E-state index contributed by atoms with van der Waals surface area (Å²) in [5.41, 5.74) is 0.930. The molecule has 1 amide bonds. The summed E-state index contributed by atoms with van der Waals surface area (Å²) in [5.74, 6) is -0.0207. The summed E-state index contributed by atoms with van der Waals surface area (Å²) < 4.78 is 13.9. The molecule has 0 bridgehead atoms. The van der Waals surface area contributed by atoms with E-state index in [9.17, 15) is 9.18 Å². The van der Waals surface area contributed by atoms with Gasteiger partial charge in [-0.25, -0.2) is 4.39 Å². The molecule has 7 nitrogen and oxygen atoms in total. The van der Waals surface area contributed by atoms with Crippen molar-refractivity contribution in [3.63, 3.8) is 0 Å². The number of halogens is 1. The summed E-state index contributed by atoms with van der Waals surface area (Å²) in [4.78, 5) is 20.0. The van der Waals surface area contributed by atoms with Gasteiger partial charge in [-0.2, -0.15) is 4.80 Å². The number of rotatable bonds is 4. The van der Waals surface area contributed by atoms with Crippen molar-refractivity contribution in [2.24, 2.45) is 5.92 Å². The van der Waals surface area contributed by atoms with Gasteiger partial charge in [0.1, 0.15) is 5.82 Å². The standard InChI is InChI=1S/C19H19FN6O/c20-17-8-2-1-7-16(17)19(27)25-10-4-5-14(12-25)13-26-23-18(22-24-26)15-6-3-9-21-11-15/h1-3,6-9,11,14H,4-5,10,12-13H2/t14-/m0/s1. The molecular weight excluding hydrogens is 347 g/mol. The van der Waals surface area contributed by atoms with Crippen LogP contribution in [0.25, 0.3) is 11.4 Å². The van der Waals surface area contributed by atoms with E-state index in [-0.39, 0.29) is 17.4 Å². The van der Waals surface area contributed by atoms with E-state index in [0.29, 0.717) is 25.5 Å². The van der Waals surface area contributed by atoms with Gasteiger partial charge in [0.2, 0.25) is 5.82 Å². The summed E-state index contributed by atoms with van der Waals surface area (Å²) in [6, 6.07) is 9.81. The van der Waals surface area contributed by atoms with Crippen molar-refractivity contribution >= 4 is 5.91 Å². The number of hydrogen-bond acceptors (Lipinski definition) is 5. The summed E-state index contributed by atoms with van der Waals surface area (Å²) in [5, 5.41) is 12.6. The van der Waals surface area contributed by atoms with Crippen LogP contribution in [-0.4, -0.2) is 49.1 Å². The second kappa shape index (κ2) is 7.61. The van der Waals surface area contributed by atoms with Crippen molar-refractivity contribution in [2.75, 3.05) is 13.1 Å². The molecule has 0 spiro atoms. The normalized spacial score (nSPS) is 17.1. The van der Waals surface area contributed by atoms with Crippen LogP contribution in [0.15, 0.2) is 48.8 Å². The maximum Gasteiger partial charge on any atom is 0.256 e. The zero-order valence-corrected chi connectivity index (χ0v) is 14.7. The third-order valence-electron chi connectivity index (χ3n) is 4.70. The molecule has 1 aliphatic heterocycles. The maximum atomic E-state index is 13.9. The van der Waals surface area contributed by atoms with Gasteiger partial charge >= 0.3 is 0 Å². The molecule has 0 unspecified atom stereocenters. The first-order chi connectivity index (χ1) is 13.2. The molecule has 3 aromatic rings. The summed E-state index contributed by atoms with van der Waals surface area (Å²) >= 11 is 0. The number of tetrazole rings is 1. The van der Waals surface area contributed by atoms with E-state index in [4.69, 9.17) is 0 Å². The van der Waals surface area contributed by atoms with Crippen molar-refractivity contribution in [3.05, 3.63) is 60.2 Å². The molecule has 138 valence electrons. The Balaban J connectivity index is 1.43. The average molecular weight is 366 g/mol. The van der Waals surface area contributed by atoms with Crippen molar-refractivity contribution in [3.8, 4) is 11.4 Å². The van der Waals surface area contributed by atoms with E-state index in [2.05, 4.69) is 20.4 Å². The van der Waals surface area contributed by atoms with Gasteiger partial charge in [0.05, 0.1) is 12.1 Å². The Morgan fingerprint density at radius 2 is 2.11 bits per heavy atom. The molecule has 3 heterocycles. The number of nitrogens with zero attached hydrogens (tertiary/aromatic N) is 6. The Morgan fingerprint density at radius 1 is 1.22 bits per heavy atom. The van der Waals surface area contributed by atoms with Gasteiger partial charge < -0.3 is 4.90 Å². The molecular formula is C19H19FN6O. The predicted octanol–water partition coefficient (Wildman–Crippen LogP) is 2.43. The zero-order chi connectivity index (χ0) is 18.6. The Bertz CT molecular complexity index is 929. The molecule has 4 rings (SSSR count). The maximum absolute atomic E-state index is 13.9. The first-order valence-corrected chi connectivity index (χ1v) is 8.93. The summed E-state index contributed by atoms with van der Waals surface area (Å²) in [6.45, 7) is 1.75. The molecule has 0 N–H and O–H groups in total. The minimum absolute atomic E-state index is 0.121. The highest BCUT2D eigenvalue weighted by Gasteiger charge is 2.26. The lowest BCUT2D eigenvalue weighted by atomic mass is 9.97. The van der Waals surface area contributed by atoms with Gasteiger partial charge in [0.15, 0.2) is 0 Å². The molecule has 1 saturated heterocycles. The van der Waals surface area contributed by atoms with Crippen molar-refractivity contribution in [1.82, 2.24) is 30.1 Å². The average Bonchev–Trinajstić information content (AvgIpc) is 3.17. The number of benzene rings is 1. The van der Waals surface area contributed by atoms with Gasteiger partial charge in [-0.15, -0.1) is 10.2 Å². The first-order valence-electron chi connectivity index (χ1n) is 8.93. The highest BCUT2D eigenvalue weighted by molar-refractivity contribution is 5.94. The highest BCUT2D eigenvalue weighted by Crippen LogP contribution is 2.21. The van der Waals surface area contributed by atoms with Crippen LogP contribution in [0.1, 0.15) is 23.2 Å². The van der Waals surface area contributed by atoms with Crippen LogP contribution in [-0.2, 0) is 6.54 Å². The molecule has 0 saturated carbocycles. The fraction of sp³-hybridized carbons (Fsp3) is 0.316. The van der Waals surface area contributed by atoms with Gasteiger partial charge in [-0.3, -0.25) is 9.78 Å². The predicted molar refractivity (Wildman–Crippen MR) is 96.1 cm³/mol. The molecule has 1 fully saturated rings. The molecule has 0 aliphatic carbocycles. The first kappa shape index (κ1) is 17.3. The van der Waals surface area contributed by atoms with Crippen molar-refractivity contribution < 1.29 is 9.18 Å². The molecule has 1 aromatic carbocycles. The third-order valence-corrected chi connectivity index (χ3v) is 4.70. The fourth-order valence-corrected chi connectivity index (χ4v) is 3.37. The van der Waals surface area contributed by atoms with Crippen LogP contribution in [0.3, 0.4) is 0 Å². The number of amides is 1. The second-order valence-corrected chi connectivity index (χ2v) is 6.65. The van der Waals surface area contributed by atoms with E-state index >= 15 is 0 Å². The number of likely N-dealkylation sites (tertiary alicyclic amines) is 1.